The Kier molecular flexibility index (Phi) is 9.28. The molecule has 5 atom stereocenters. The van der Waals surface area contributed by atoms with E-state index in [1.54, 1.807) is 9.80 Å². The highest BCUT2D eigenvalue weighted by Gasteiger charge is 2.50. The Hall–Kier alpha value is -3.30. The van der Waals surface area contributed by atoms with Gasteiger partial charge in [0.15, 0.2) is 8.32 Å². The summed E-state index contributed by atoms with van der Waals surface area (Å²) >= 11 is 0. The summed E-state index contributed by atoms with van der Waals surface area (Å²) in [6.07, 6.45) is 2.70. The number of ether oxygens (including phenoxy) is 1. The van der Waals surface area contributed by atoms with Crippen molar-refractivity contribution in [2.75, 3.05) is 11.5 Å². The fraction of sp³-hybridized carbons (Fsp3) is 0.412. The second-order valence-electron chi connectivity index (χ2n) is 12.3. The molecule has 2 N–H and O–H groups in total. The summed E-state index contributed by atoms with van der Waals surface area (Å²) < 4.78 is 6.60. The molecule has 2 heterocycles. The van der Waals surface area contributed by atoms with Crippen LogP contribution in [0.1, 0.15) is 36.5 Å². The van der Waals surface area contributed by atoms with Gasteiger partial charge in [-0.25, -0.2) is 0 Å². The molecule has 7 nitrogen and oxygen atoms in total. The van der Waals surface area contributed by atoms with Gasteiger partial charge < -0.3 is 19.5 Å². The lowest BCUT2D eigenvalue weighted by Gasteiger charge is -2.37. The van der Waals surface area contributed by atoms with Crippen molar-refractivity contribution in [3.63, 3.8) is 0 Å². The topological polar surface area (TPSA) is 90.3 Å². The molecule has 0 aliphatic carbocycles. The highest BCUT2D eigenvalue weighted by molar-refractivity contribution is 6.71. The maximum atomic E-state index is 13.7. The van der Waals surface area contributed by atoms with Crippen molar-refractivity contribution < 1.29 is 24.2 Å². The minimum Gasteiger partial charge on any atom is -0.432 e. The normalized spacial score (nSPS) is 23.8. The number of aliphatic hydroxyl groups is 1. The summed E-state index contributed by atoms with van der Waals surface area (Å²) in [5, 5.41) is 10.1. The zero-order valence-electron chi connectivity index (χ0n) is 24.7. The molecule has 0 unspecified atom stereocenters. The van der Waals surface area contributed by atoms with E-state index in [1.165, 1.54) is 5.56 Å². The molecule has 3 aromatic rings. The number of benzene rings is 3. The van der Waals surface area contributed by atoms with Crippen LogP contribution in [0.15, 0.2) is 78.9 Å². The van der Waals surface area contributed by atoms with Crippen LogP contribution < -0.4 is 4.90 Å². The Balaban J connectivity index is 1.28. The summed E-state index contributed by atoms with van der Waals surface area (Å²) in [6.45, 7) is 6.41. The maximum Gasteiger partial charge on any atom is 0.225 e. The van der Waals surface area contributed by atoms with Gasteiger partial charge in [-0.3, -0.25) is 14.5 Å². The largest absolute Gasteiger partial charge is 0.432 e. The fourth-order valence-electron chi connectivity index (χ4n) is 6.97. The quantitative estimate of drug-likeness (QED) is 0.251. The van der Waals surface area contributed by atoms with Crippen LogP contribution in [0.25, 0.3) is 0 Å². The van der Waals surface area contributed by atoms with Crippen LogP contribution in [0.4, 0.5) is 11.4 Å². The maximum absolute atomic E-state index is 13.7. The molecule has 8 heteroatoms. The number of para-hydroxylation sites is 1. The number of aliphatic hydroxyl groups excluding tert-OH is 1. The molecule has 2 aliphatic rings. The number of nitrogens with zero attached hydrogens (tertiary/aromatic N) is 2. The molecule has 2 aliphatic heterocycles. The van der Waals surface area contributed by atoms with Crippen LogP contribution in [-0.4, -0.2) is 60.3 Å². The molecule has 1 saturated heterocycles. The van der Waals surface area contributed by atoms with E-state index in [9.17, 15) is 19.5 Å². The number of amides is 2. The zero-order valence-corrected chi connectivity index (χ0v) is 25.7. The Morgan fingerprint density at radius 2 is 1.69 bits per heavy atom. The molecule has 222 valence electrons. The van der Waals surface area contributed by atoms with Crippen LogP contribution in [0.3, 0.4) is 0 Å². The van der Waals surface area contributed by atoms with E-state index in [1.807, 2.05) is 79.8 Å². The molecular formula is C34H42N2O5Si. The first-order valence-corrected chi connectivity index (χ1v) is 18.0. The smallest absolute Gasteiger partial charge is 0.225 e. The first-order valence-electron chi connectivity index (χ1n) is 14.9. The lowest BCUT2D eigenvalue weighted by molar-refractivity contribution is -0.138. The Bertz CT molecular complexity index is 1380. The van der Waals surface area contributed by atoms with Crippen molar-refractivity contribution >= 4 is 32.0 Å². The number of aryl methyl sites for hydroxylation is 1. The Morgan fingerprint density at radius 3 is 2.38 bits per heavy atom. The van der Waals surface area contributed by atoms with Gasteiger partial charge >= 0.3 is 0 Å². The van der Waals surface area contributed by atoms with E-state index < -0.39 is 8.32 Å². The summed E-state index contributed by atoms with van der Waals surface area (Å²) in [5.74, 6) is 0.0661. The molecule has 0 saturated carbocycles. The molecule has 0 spiro atoms. The lowest BCUT2D eigenvalue weighted by Crippen LogP contribution is -2.48. The molecular weight excluding hydrogens is 544 g/mol. The van der Waals surface area contributed by atoms with Gasteiger partial charge in [0.25, 0.3) is 0 Å². The summed E-state index contributed by atoms with van der Waals surface area (Å²) in [5.41, 5.74) is 4.93. The van der Waals surface area contributed by atoms with Gasteiger partial charge in [0.1, 0.15) is 0 Å². The molecule has 1 fully saturated rings. The number of hydrogen-bond donors (Lipinski definition) is 2. The number of rotatable bonds is 10. The lowest BCUT2D eigenvalue weighted by atomic mass is 9.93. The molecule has 5 rings (SSSR count). The Labute approximate surface area is 249 Å². The summed E-state index contributed by atoms with van der Waals surface area (Å²) in [7, 11) is -2.66. The minimum atomic E-state index is -2.66. The average Bonchev–Trinajstić information content (AvgIpc) is 3.31. The monoisotopic (exact) mass is 586 g/mol. The van der Waals surface area contributed by atoms with E-state index in [2.05, 4.69) is 19.1 Å². The number of carbonyl (C=O) groups is 2. The number of carbonyl (C=O) groups excluding carboxylic acids is 2. The number of fused-ring (bicyclic) bond motifs is 1. The van der Waals surface area contributed by atoms with Crippen LogP contribution in [0.5, 0.6) is 0 Å². The number of anilines is 2. The van der Waals surface area contributed by atoms with Crippen molar-refractivity contribution in [2.45, 2.75) is 76.0 Å². The van der Waals surface area contributed by atoms with Crippen LogP contribution in [0.2, 0.25) is 18.6 Å². The third-order valence-electron chi connectivity index (χ3n) is 9.03. The summed E-state index contributed by atoms with van der Waals surface area (Å²) in [6, 6.07) is 25.4. The molecule has 3 aromatic carbocycles. The predicted molar refractivity (Wildman–Crippen MR) is 167 cm³/mol. The van der Waals surface area contributed by atoms with Gasteiger partial charge in [0.05, 0.1) is 31.3 Å². The van der Waals surface area contributed by atoms with Gasteiger partial charge in [0, 0.05) is 23.5 Å². The molecule has 0 aromatic heterocycles. The van der Waals surface area contributed by atoms with E-state index >= 15 is 0 Å². The molecule has 0 bridgehead atoms. The van der Waals surface area contributed by atoms with Crippen LogP contribution >= 0.6 is 0 Å². The van der Waals surface area contributed by atoms with Crippen molar-refractivity contribution in [1.82, 2.24) is 4.90 Å². The first kappa shape index (κ1) is 30.2. The fourth-order valence-corrected chi connectivity index (χ4v) is 9.58. The summed E-state index contributed by atoms with van der Waals surface area (Å²) in [4.78, 5) is 40.3. The SMILES string of the molecule is C[C@H]1[C@H]([Si](C)(C)O)[C@@H](CC(=O)N2Cc3ccccc3C[C@H]2CO)O[C@H]1CCc1cccc(N(C=O)c2ccccc2)c1. The zero-order chi connectivity index (χ0) is 29.9. The van der Waals surface area contributed by atoms with Crippen LogP contribution in [-0.2, 0) is 33.7 Å². The van der Waals surface area contributed by atoms with Gasteiger partial charge in [-0.15, -0.1) is 0 Å². The van der Waals surface area contributed by atoms with E-state index in [-0.39, 0.29) is 48.6 Å². The standard InChI is InChI=1S/C34H42N2O5Si/c1-24-31(17-16-25-10-9-15-29(18-25)36(23-38)28-13-5-4-6-14-28)41-32(34(24)42(2,3)40)20-33(39)35-21-27-12-8-7-11-26(27)19-30(35)22-37/h4-15,18,23-24,30-32,34,37,40H,16-17,19-22H2,1-3H3/t24-,30+,31+,32-,34+/m1/s1. The highest BCUT2D eigenvalue weighted by atomic mass is 28.4. The predicted octanol–water partition coefficient (Wildman–Crippen LogP) is 5.22. The minimum absolute atomic E-state index is 0.0350. The molecule has 42 heavy (non-hydrogen) atoms. The molecule has 0 radical (unpaired) electrons. The van der Waals surface area contributed by atoms with Gasteiger partial charge in [-0.2, -0.15) is 0 Å². The van der Waals surface area contributed by atoms with Gasteiger partial charge in [-0.1, -0.05) is 61.5 Å². The second-order valence-corrected chi connectivity index (χ2v) is 16.3. The van der Waals surface area contributed by atoms with Crippen LogP contribution in [0, 0.1) is 5.92 Å². The molecule has 2 amide bonds. The number of hydrogen-bond acceptors (Lipinski definition) is 5. The van der Waals surface area contributed by atoms with Crippen molar-refractivity contribution in [3.05, 3.63) is 95.6 Å². The van der Waals surface area contributed by atoms with Crippen molar-refractivity contribution in [1.29, 1.82) is 0 Å². The van der Waals surface area contributed by atoms with Gasteiger partial charge in [0.2, 0.25) is 12.3 Å². The van der Waals surface area contributed by atoms with Crippen molar-refractivity contribution in [2.24, 2.45) is 5.92 Å². The highest BCUT2D eigenvalue weighted by Crippen LogP contribution is 2.46. The van der Waals surface area contributed by atoms with E-state index in [4.69, 9.17) is 4.74 Å². The van der Waals surface area contributed by atoms with E-state index in [0.29, 0.717) is 13.0 Å². The first-order chi connectivity index (χ1) is 20.2. The average molecular weight is 587 g/mol. The van der Waals surface area contributed by atoms with Crippen molar-refractivity contribution in [3.8, 4) is 0 Å². The third-order valence-corrected chi connectivity index (χ3v) is 11.6. The second kappa shape index (κ2) is 12.9. The van der Waals surface area contributed by atoms with E-state index in [0.717, 1.165) is 41.8 Å². The third kappa shape index (κ3) is 6.52. The van der Waals surface area contributed by atoms with Gasteiger partial charge in [-0.05, 0) is 79.2 Å². The Morgan fingerprint density at radius 1 is 1.00 bits per heavy atom.